The first-order chi connectivity index (χ1) is 12.6. The molecule has 3 N–H and O–H groups in total. The van der Waals surface area contributed by atoms with Crippen molar-refractivity contribution >= 4 is 17.7 Å². The molecule has 3 amide bonds. The first-order valence-electron chi connectivity index (χ1n) is 10.2. The van der Waals surface area contributed by atoms with E-state index in [-0.39, 0.29) is 36.1 Å². The maximum absolute atomic E-state index is 12.4. The molecule has 0 aromatic rings. The van der Waals surface area contributed by atoms with Crippen LogP contribution in [-0.2, 0) is 14.4 Å². The van der Waals surface area contributed by atoms with E-state index >= 15 is 0 Å². The predicted octanol–water partition coefficient (Wildman–Crippen LogP) is 1.09. The molecule has 0 aromatic carbocycles. The third-order valence-electron chi connectivity index (χ3n) is 6.08. The zero-order valence-corrected chi connectivity index (χ0v) is 15.6. The van der Waals surface area contributed by atoms with Crippen molar-refractivity contribution in [3.63, 3.8) is 0 Å². The summed E-state index contributed by atoms with van der Waals surface area (Å²) >= 11 is 0. The topological polar surface area (TPSA) is 90.5 Å². The van der Waals surface area contributed by atoms with E-state index in [1.807, 2.05) is 0 Å². The van der Waals surface area contributed by atoms with Gasteiger partial charge in [0.1, 0.15) is 0 Å². The quantitative estimate of drug-likeness (QED) is 0.637. The minimum atomic E-state index is -0.192. The van der Waals surface area contributed by atoms with Crippen LogP contribution in [0.4, 0.5) is 0 Å². The Balaban J connectivity index is 1.30. The van der Waals surface area contributed by atoms with Crippen LogP contribution in [0.5, 0.6) is 0 Å². The van der Waals surface area contributed by atoms with E-state index in [4.69, 9.17) is 0 Å². The monoisotopic (exact) mass is 364 g/mol. The maximum Gasteiger partial charge on any atom is 0.252 e. The third kappa shape index (κ3) is 5.43. The molecule has 3 fully saturated rings. The normalized spacial score (nSPS) is 23.1. The smallest absolute Gasteiger partial charge is 0.252 e. The van der Waals surface area contributed by atoms with Gasteiger partial charge in [0.2, 0.25) is 11.8 Å². The molecule has 0 bridgehead atoms. The van der Waals surface area contributed by atoms with E-state index in [9.17, 15) is 14.4 Å². The highest BCUT2D eigenvalue weighted by Gasteiger charge is 2.28. The molecule has 0 spiro atoms. The van der Waals surface area contributed by atoms with Crippen molar-refractivity contribution in [1.29, 1.82) is 0 Å². The number of hydrogen-bond donors (Lipinski definition) is 3. The van der Waals surface area contributed by atoms with Crippen LogP contribution in [-0.4, -0.2) is 48.3 Å². The number of carbonyl (C=O) groups is 3. The van der Waals surface area contributed by atoms with Crippen LogP contribution in [0.25, 0.3) is 0 Å². The van der Waals surface area contributed by atoms with E-state index in [0.717, 1.165) is 58.0 Å². The van der Waals surface area contributed by atoms with Gasteiger partial charge in [-0.15, -0.1) is 0 Å². The second kappa shape index (κ2) is 9.35. The molecule has 3 aliphatic rings. The van der Waals surface area contributed by atoms with E-state index in [1.54, 1.807) is 0 Å². The van der Waals surface area contributed by atoms with E-state index in [0.29, 0.717) is 6.04 Å². The number of carbonyl (C=O) groups excluding carboxylic acids is 3. The Bertz CT molecular complexity index is 507. The molecule has 2 saturated carbocycles. The van der Waals surface area contributed by atoms with Gasteiger partial charge in [-0.3, -0.25) is 30.1 Å². The summed E-state index contributed by atoms with van der Waals surface area (Å²) < 4.78 is 0. The molecular weight excluding hydrogens is 332 g/mol. The highest BCUT2D eigenvalue weighted by atomic mass is 16.2. The Labute approximate surface area is 155 Å². The number of amides is 3. The summed E-state index contributed by atoms with van der Waals surface area (Å²) in [6.07, 6.45) is 10.4. The number of piperidine rings is 1. The van der Waals surface area contributed by atoms with Crippen molar-refractivity contribution in [3.05, 3.63) is 0 Å². The molecule has 146 valence electrons. The summed E-state index contributed by atoms with van der Waals surface area (Å²) in [6.45, 7) is 1.75. The molecule has 1 aliphatic heterocycles. The Morgan fingerprint density at radius 1 is 0.731 bits per heavy atom. The molecule has 26 heavy (non-hydrogen) atoms. The molecule has 0 radical (unpaired) electrons. The third-order valence-corrected chi connectivity index (χ3v) is 6.08. The van der Waals surface area contributed by atoms with Gasteiger partial charge in [0, 0.05) is 17.9 Å². The minimum Gasteiger partial charge on any atom is -0.353 e. The lowest BCUT2D eigenvalue weighted by molar-refractivity contribution is -0.133. The molecule has 0 unspecified atom stereocenters. The number of likely N-dealkylation sites (tertiary alicyclic amines) is 1. The van der Waals surface area contributed by atoms with Crippen LogP contribution in [0.3, 0.4) is 0 Å². The molecule has 0 aromatic heterocycles. The summed E-state index contributed by atoms with van der Waals surface area (Å²) in [5, 5.41) is 3.21. The highest BCUT2D eigenvalue weighted by molar-refractivity contribution is 5.84. The number of nitrogens with one attached hydrogen (secondary N) is 3. The van der Waals surface area contributed by atoms with E-state index in [1.165, 1.54) is 19.3 Å². The predicted molar refractivity (Wildman–Crippen MR) is 97.8 cm³/mol. The fraction of sp³-hybridized carbons (Fsp3) is 0.842. The first-order valence-corrected chi connectivity index (χ1v) is 10.2. The Morgan fingerprint density at radius 2 is 1.38 bits per heavy atom. The van der Waals surface area contributed by atoms with Crippen molar-refractivity contribution < 1.29 is 14.4 Å². The Morgan fingerprint density at radius 3 is 2.00 bits per heavy atom. The second-order valence-electron chi connectivity index (χ2n) is 8.06. The summed E-state index contributed by atoms with van der Waals surface area (Å²) in [6, 6.07) is 0.360. The maximum atomic E-state index is 12.4. The van der Waals surface area contributed by atoms with Crippen molar-refractivity contribution in [2.75, 3.05) is 19.6 Å². The average Bonchev–Trinajstić information content (AvgIpc) is 2.60. The molecule has 7 nitrogen and oxygen atoms in total. The molecule has 2 aliphatic carbocycles. The number of nitrogens with zero attached hydrogens (tertiary/aromatic N) is 1. The van der Waals surface area contributed by atoms with Crippen LogP contribution >= 0.6 is 0 Å². The van der Waals surface area contributed by atoms with Gasteiger partial charge in [-0.25, -0.2) is 0 Å². The lowest BCUT2D eigenvalue weighted by atomic mass is 9.85. The van der Waals surface area contributed by atoms with Crippen LogP contribution in [0, 0.1) is 11.8 Å². The van der Waals surface area contributed by atoms with Gasteiger partial charge in [-0.2, -0.15) is 0 Å². The lowest BCUT2D eigenvalue weighted by Gasteiger charge is -2.32. The van der Waals surface area contributed by atoms with Crippen LogP contribution in [0.1, 0.15) is 64.2 Å². The standard InChI is InChI=1S/C19H32N4O3/c24-17(21-22-19(26)14-5-4-6-14)13-23-11-9-15(10-12-23)18(25)20-16-7-2-1-3-8-16/h14-16H,1-13H2,(H,20,25)(H,21,24)(H,22,26). The minimum absolute atomic E-state index is 0.0636. The Kier molecular flexibility index (Phi) is 6.88. The van der Waals surface area contributed by atoms with Gasteiger partial charge in [0.25, 0.3) is 5.91 Å². The number of hydrazine groups is 1. The summed E-state index contributed by atoms with van der Waals surface area (Å²) in [7, 11) is 0. The van der Waals surface area contributed by atoms with Crippen molar-refractivity contribution in [3.8, 4) is 0 Å². The summed E-state index contributed by atoms with van der Waals surface area (Å²) in [5.41, 5.74) is 5.02. The van der Waals surface area contributed by atoms with E-state index < -0.39 is 0 Å². The summed E-state index contributed by atoms with van der Waals surface area (Å²) in [4.78, 5) is 38.2. The van der Waals surface area contributed by atoms with Crippen LogP contribution in [0.15, 0.2) is 0 Å². The fourth-order valence-electron chi connectivity index (χ4n) is 4.07. The van der Waals surface area contributed by atoms with Gasteiger partial charge in [-0.1, -0.05) is 25.7 Å². The number of rotatable bonds is 5. The molecule has 0 atom stereocenters. The second-order valence-corrected chi connectivity index (χ2v) is 8.06. The van der Waals surface area contributed by atoms with Gasteiger partial charge < -0.3 is 5.32 Å². The fourth-order valence-corrected chi connectivity index (χ4v) is 4.07. The van der Waals surface area contributed by atoms with E-state index in [2.05, 4.69) is 21.1 Å². The van der Waals surface area contributed by atoms with Crippen LogP contribution in [0.2, 0.25) is 0 Å². The molecule has 1 saturated heterocycles. The summed E-state index contributed by atoms with van der Waals surface area (Å²) in [5.74, 6) is 0.0440. The van der Waals surface area contributed by atoms with Gasteiger partial charge >= 0.3 is 0 Å². The van der Waals surface area contributed by atoms with Gasteiger partial charge in [0.15, 0.2) is 0 Å². The zero-order chi connectivity index (χ0) is 18.4. The average molecular weight is 364 g/mol. The highest BCUT2D eigenvalue weighted by Crippen LogP contribution is 2.26. The molecule has 1 heterocycles. The lowest BCUT2D eigenvalue weighted by Crippen LogP contribution is -2.51. The van der Waals surface area contributed by atoms with Crippen molar-refractivity contribution in [2.24, 2.45) is 11.8 Å². The Hall–Kier alpha value is -1.63. The molecule has 3 rings (SSSR count). The first kappa shape index (κ1) is 19.1. The van der Waals surface area contributed by atoms with Crippen molar-refractivity contribution in [1.82, 2.24) is 21.1 Å². The number of hydrogen-bond acceptors (Lipinski definition) is 4. The van der Waals surface area contributed by atoms with Crippen molar-refractivity contribution in [2.45, 2.75) is 70.3 Å². The largest absolute Gasteiger partial charge is 0.353 e. The van der Waals surface area contributed by atoms with Gasteiger partial charge in [0.05, 0.1) is 6.54 Å². The SMILES string of the molecule is O=C(CN1CCC(C(=O)NC2CCCCC2)CC1)NNC(=O)C1CCC1. The zero-order valence-electron chi connectivity index (χ0n) is 15.6. The van der Waals surface area contributed by atoms with Gasteiger partial charge in [-0.05, 0) is 51.6 Å². The van der Waals surface area contributed by atoms with Crippen LogP contribution < -0.4 is 16.2 Å². The molecule has 7 heteroatoms. The molecular formula is C19H32N4O3.